The van der Waals surface area contributed by atoms with Gasteiger partial charge in [0.2, 0.25) is 0 Å². The lowest BCUT2D eigenvalue weighted by Crippen LogP contribution is -2.00. The number of aromatic nitrogens is 1. The first-order chi connectivity index (χ1) is 10.1. The molecule has 0 aliphatic heterocycles. The van der Waals surface area contributed by atoms with E-state index < -0.39 is 0 Å². The summed E-state index contributed by atoms with van der Waals surface area (Å²) >= 11 is 18.4. The SMILES string of the molecule is COc1ccc(Cl)cc1Cn1ccc2c(Cl)cc(Cl)cc21. The quantitative estimate of drug-likeness (QED) is 0.600. The van der Waals surface area contributed by atoms with E-state index in [4.69, 9.17) is 39.5 Å². The molecule has 0 atom stereocenters. The Morgan fingerprint density at radius 3 is 2.57 bits per heavy atom. The third-order valence-corrected chi connectivity index (χ3v) is 4.15. The number of benzene rings is 2. The van der Waals surface area contributed by atoms with Crippen molar-refractivity contribution in [1.82, 2.24) is 4.57 Å². The fourth-order valence-electron chi connectivity index (χ4n) is 2.41. The molecule has 0 saturated heterocycles. The lowest BCUT2D eigenvalue weighted by atomic mass is 10.2. The highest BCUT2D eigenvalue weighted by atomic mass is 35.5. The Balaban J connectivity index is 2.08. The number of ether oxygens (including phenoxy) is 1. The van der Waals surface area contributed by atoms with Gasteiger partial charge in [0.05, 0.1) is 24.2 Å². The van der Waals surface area contributed by atoms with Gasteiger partial charge in [0.25, 0.3) is 0 Å². The van der Waals surface area contributed by atoms with Crippen LogP contribution in [0.1, 0.15) is 5.56 Å². The maximum Gasteiger partial charge on any atom is 0.123 e. The molecule has 1 heterocycles. The monoisotopic (exact) mass is 339 g/mol. The summed E-state index contributed by atoms with van der Waals surface area (Å²) in [5.74, 6) is 0.800. The van der Waals surface area contributed by atoms with Gasteiger partial charge in [0.15, 0.2) is 0 Å². The molecule has 0 aliphatic rings. The van der Waals surface area contributed by atoms with Crippen LogP contribution < -0.4 is 4.74 Å². The number of halogens is 3. The summed E-state index contributed by atoms with van der Waals surface area (Å²) in [6, 6.07) is 11.2. The van der Waals surface area contributed by atoms with Crippen LogP contribution >= 0.6 is 34.8 Å². The summed E-state index contributed by atoms with van der Waals surface area (Å²) in [6.07, 6.45) is 1.98. The van der Waals surface area contributed by atoms with E-state index in [1.165, 1.54) is 0 Å². The Hall–Kier alpha value is -1.35. The predicted molar refractivity (Wildman–Crippen MR) is 89.1 cm³/mol. The van der Waals surface area contributed by atoms with Crippen molar-refractivity contribution in [2.45, 2.75) is 6.54 Å². The Bertz CT molecular complexity index is 811. The van der Waals surface area contributed by atoms with Crippen LogP contribution in [0.15, 0.2) is 42.6 Å². The summed E-state index contributed by atoms with van der Waals surface area (Å²) in [6.45, 7) is 0.629. The van der Waals surface area contributed by atoms with E-state index in [0.29, 0.717) is 21.6 Å². The first kappa shape index (κ1) is 14.6. The second-order valence-electron chi connectivity index (χ2n) is 4.72. The first-order valence-corrected chi connectivity index (χ1v) is 7.48. The van der Waals surface area contributed by atoms with Gasteiger partial charge in [-0.2, -0.15) is 0 Å². The van der Waals surface area contributed by atoms with Crippen molar-refractivity contribution in [3.8, 4) is 5.75 Å². The molecule has 0 N–H and O–H groups in total. The molecule has 0 radical (unpaired) electrons. The average molecular weight is 341 g/mol. The van der Waals surface area contributed by atoms with Crippen molar-refractivity contribution in [3.63, 3.8) is 0 Å². The maximum atomic E-state index is 6.22. The molecule has 2 aromatic carbocycles. The van der Waals surface area contributed by atoms with Crippen molar-refractivity contribution in [2.75, 3.05) is 7.11 Å². The molecule has 2 nitrogen and oxygen atoms in total. The Labute approximate surface area is 137 Å². The number of fused-ring (bicyclic) bond motifs is 1. The number of hydrogen-bond acceptors (Lipinski definition) is 1. The van der Waals surface area contributed by atoms with Crippen LogP contribution in [0, 0.1) is 0 Å². The van der Waals surface area contributed by atoms with Crippen LogP contribution in [0.3, 0.4) is 0 Å². The molecule has 0 bridgehead atoms. The van der Waals surface area contributed by atoms with Gasteiger partial charge in [-0.1, -0.05) is 34.8 Å². The van der Waals surface area contributed by atoms with E-state index in [1.54, 1.807) is 13.2 Å². The van der Waals surface area contributed by atoms with Gasteiger partial charge in [0, 0.05) is 27.2 Å². The number of nitrogens with zero attached hydrogens (tertiary/aromatic N) is 1. The lowest BCUT2D eigenvalue weighted by molar-refractivity contribution is 0.408. The van der Waals surface area contributed by atoms with Gasteiger partial charge in [-0.05, 0) is 36.4 Å². The molecule has 108 valence electrons. The second kappa shape index (κ2) is 5.80. The molecule has 3 aromatic rings. The van der Waals surface area contributed by atoms with Gasteiger partial charge in [-0.15, -0.1) is 0 Å². The summed E-state index contributed by atoms with van der Waals surface area (Å²) in [5, 5.41) is 2.92. The second-order valence-corrected chi connectivity index (χ2v) is 6.00. The zero-order chi connectivity index (χ0) is 15.0. The van der Waals surface area contributed by atoms with Crippen molar-refractivity contribution < 1.29 is 4.74 Å². The molecule has 0 fully saturated rings. The van der Waals surface area contributed by atoms with Crippen LogP contribution in [0.5, 0.6) is 5.75 Å². The maximum absolute atomic E-state index is 6.22. The minimum atomic E-state index is 0.616. The van der Waals surface area contributed by atoms with Crippen LogP contribution in [0.25, 0.3) is 10.9 Å². The van der Waals surface area contributed by atoms with Crippen molar-refractivity contribution in [1.29, 1.82) is 0 Å². The van der Waals surface area contributed by atoms with Crippen LogP contribution in [0.4, 0.5) is 0 Å². The molecular weight excluding hydrogens is 329 g/mol. The normalized spacial score (nSPS) is 11.0. The van der Waals surface area contributed by atoms with Gasteiger partial charge in [-0.25, -0.2) is 0 Å². The van der Waals surface area contributed by atoms with Crippen LogP contribution in [-0.4, -0.2) is 11.7 Å². The smallest absolute Gasteiger partial charge is 0.123 e. The fourth-order valence-corrected chi connectivity index (χ4v) is 3.15. The molecule has 0 spiro atoms. The third kappa shape index (κ3) is 2.84. The van der Waals surface area contributed by atoms with Gasteiger partial charge in [0.1, 0.15) is 5.75 Å². The largest absolute Gasteiger partial charge is 0.496 e. The van der Waals surface area contributed by atoms with E-state index >= 15 is 0 Å². The highest BCUT2D eigenvalue weighted by Gasteiger charge is 2.10. The van der Waals surface area contributed by atoms with Crippen LogP contribution in [-0.2, 0) is 6.54 Å². The van der Waals surface area contributed by atoms with Crippen molar-refractivity contribution >= 4 is 45.7 Å². The van der Waals surface area contributed by atoms with E-state index in [0.717, 1.165) is 22.2 Å². The zero-order valence-corrected chi connectivity index (χ0v) is 13.5. The van der Waals surface area contributed by atoms with E-state index in [2.05, 4.69) is 4.57 Å². The molecule has 1 aromatic heterocycles. The van der Waals surface area contributed by atoms with Crippen LogP contribution in [0.2, 0.25) is 15.1 Å². The molecular formula is C16H12Cl3NO. The minimum absolute atomic E-state index is 0.616. The third-order valence-electron chi connectivity index (χ3n) is 3.39. The summed E-state index contributed by atoms with van der Waals surface area (Å²) in [5.41, 5.74) is 1.98. The lowest BCUT2D eigenvalue weighted by Gasteiger charge is -2.11. The zero-order valence-electron chi connectivity index (χ0n) is 11.2. The summed E-state index contributed by atoms with van der Waals surface area (Å²) in [7, 11) is 1.65. The van der Waals surface area contributed by atoms with E-state index in [-0.39, 0.29) is 0 Å². The van der Waals surface area contributed by atoms with Crippen molar-refractivity contribution in [2.24, 2.45) is 0 Å². The van der Waals surface area contributed by atoms with E-state index in [9.17, 15) is 0 Å². The highest BCUT2D eigenvalue weighted by molar-refractivity contribution is 6.38. The van der Waals surface area contributed by atoms with Gasteiger partial charge >= 0.3 is 0 Å². The Morgan fingerprint density at radius 1 is 1.00 bits per heavy atom. The molecule has 0 saturated carbocycles. The molecule has 0 amide bonds. The fraction of sp³-hybridized carbons (Fsp3) is 0.125. The highest BCUT2D eigenvalue weighted by Crippen LogP contribution is 2.30. The minimum Gasteiger partial charge on any atom is -0.496 e. The topological polar surface area (TPSA) is 14.2 Å². The molecule has 5 heteroatoms. The molecule has 0 aliphatic carbocycles. The number of rotatable bonds is 3. The van der Waals surface area contributed by atoms with E-state index in [1.807, 2.05) is 36.5 Å². The number of methoxy groups -OCH3 is 1. The van der Waals surface area contributed by atoms with Crippen molar-refractivity contribution in [3.05, 3.63) is 63.2 Å². The molecule has 21 heavy (non-hydrogen) atoms. The Morgan fingerprint density at radius 2 is 1.81 bits per heavy atom. The summed E-state index contributed by atoms with van der Waals surface area (Å²) < 4.78 is 7.46. The average Bonchev–Trinajstić information content (AvgIpc) is 2.82. The summed E-state index contributed by atoms with van der Waals surface area (Å²) in [4.78, 5) is 0. The molecule has 0 unspecified atom stereocenters. The first-order valence-electron chi connectivity index (χ1n) is 6.35. The molecule has 3 rings (SSSR count). The number of hydrogen-bond donors (Lipinski definition) is 0. The predicted octanol–water partition coefficient (Wildman–Crippen LogP) is 5.66. The van der Waals surface area contributed by atoms with Gasteiger partial charge < -0.3 is 9.30 Å². The van der Waals surface area contributed by atoms with Gasteiger partial charge in [-0.3, -0.25) is 0 Å². The Kier molecular flexibility index (Phi) is 4.03. The standard InChI is InChI=1S/C16H12Cl3NO/c1-21-16-3-2-11(17)6-10(16)9-20-5-4-13-14(19)7-12(18)8-15(13)20/h2-8H,9H2,1H3.